The minimum atomic E-state index is -4.67. The molecule has 0 amide bonds. The van der Waals surface area contributed by atoms with Gasteiger partial charge in [-0.3, -0.25) is 4.31 Å². The molecule has 9 nitrogen and oxygen atoms in total. The first-order valence-corrected chi connectivity index (χ1v) is 14.7. The van der Waals surface area contributed by atoms with Gasteiger partial charge in [0.1, 0.15) is 17.6 Å². The SMILES string of the molecule is O=S(=O)(c1cccc(OC(F)F)c1)N1C[C@H](CCC2=NNC(O)O2)Oc2ccc(/C=C/c3c(Cl)cccc3C(F)(F)F)cc21. The molecule has 0 aliphatic carbocycles. The van der Waals surface area contributed by atoms with E-state index >= 15 is 0 Å². The van der Waals surface area contributed by atoms with Crippen LogP contribution in [0.5, 0.6) is 11.5 Å². The first-order valence-electron chi connectivity index (χ1n) is 12.9. The first kappa shape index (κ1) is 31.3. The molecule has 0 saturated heterocycles. The number of benzene rings is 3. The van der Waals surface area contributed by atoms with Crippen LogP contribution in [0.1, 0.15) is 29.5 Å². The maximum absolute atomic E-state index is 13.9. The Morgan fingerprint density at radius 2 is 1.89 bits per heavy atom. The number of anilines is 1. The number of nitrogens with zero attached hydrogens (tertiary/aromatic N) is 2. The predicted octanol–water partition coefficient (Wildman–Crippen LogP) is 6.08. The van der Waals surface area contributed by atoms with E-state index in [4.69, 9.17) is 21.1 Å². The highest BCUT2D eigenvalue weighted by atomic mass is 35.5. The summed E-state index contributed by atoms with van der Waals surface area (Å²) in [6.07, 6.45) is -3.80. The van der Waals surface area contributed by atoms with Crippen LogP contribution in [0.25, 0.3) is 12.2 Å². The van der Waals surface area contributed by atoms with Crippen molar-refractivity contribution in [2.45, 2.75) is 43.0 Å². The number of fused-ring (bicyclic) bond motifs is 1. The van der Waals surface area contributed by atoms with Gasteiger partial charge in [-0.2, -0.15) is 22.0 Å². The lowest BCUT2D eigenvalue weighted by Gasteiger charge is -2.35. The lowest BCUT2D eigenvalue weighted by Crippen LogP contribution is -2.43. The fraction of sp³-hybridized carbons (Fsp3) is 0.250. The fourth-order valence-electron chi connectivity index (χ4n) is 4.59. The number of hydrogen-bond donors (Lipinski definition) is 2. The van der Waals surface area contributed by atoms with Gasteiger partial charge in [0.2, 0.25) is 5.90 Å². The van der Waals surface area contributed by atoms with E-state index in [1.54, 1.807) is 0 Å². The van der Waals surface area contributed by atoms with Gasteiger partial charge in [0.25, 0.3) is 16.4 Å². The first-order chi connectivity index (χ1) is 20.8. The number of sulfonamides is 1. The van der Waals surface area contributed by atoms with Crippen LogP contribution in [0.4, 0.5) is 27.6 Å². The van der Waals surface area contributed by atoms with Crippen LogP contribution >= 0.6 is 11.6 Å². The van der Waals surface area contributed by atoms with Gasteiger partial charge in [0, 0.05) is 23.1 Å². The summed E-state index contributed by atoms with van der Waals surface area (Å²) in [5, 5.41) is 13.1. The molecule has 5 rings (SSSR count). The molecule has 2 aliphatic rings. The topological polar surface area (TPSA) is 110 Å². The summed E-state index contributed by atoms with van der Waals surface area (Å²) in [5.41, 5.74) is 1.49. The van der Waals surface area contributed by atoms with Crippen molar-refractivity contribution >= 4 is 45.4 Å². The van der Waals surface area contributed by atoms with Crippen LogP contribution in [0.15, 0.2) is 70.7 Å². The van der Waals surface area contributed by atoms with Gasteiger partial charge in [-0.05, 0) is 48.4 Å². The molecule has 44 heavy (non-hydrogen) atoms. The number of alkyl halides is 5. The lowest BCUT2D eigenvalue weighted by molar-refractivity contribution is -0.137. The zero-order valence-corrected chi connectivity index (χ0v) is 23.9. The van der Waals surface area contributed by atoms with E-state index in [0.29, 0.717) is 5.56 Å². The highest BCUT2D eigenvalue weighted by Crippen LogP contribution is 2.40. The Labute approximate surface area is 253 Å². The standard InChI is InChI=1S/C28H23ClF5N3O6S/c29-22-6-2-5-21(28(32,33)34)20(22)10-7-16-8-11-24-23(13-16)37(15-18(41-24)9-12-25-35-36-27(38)43-25)44(39,40)19-4-1-3-17(14-19)42-26(30)31/h1-8,10-11,13-14,18,26-27,36,38H,9,12,15H2/b10-7+/t18-,27?/m0/s1. The van der Waals surface area contributed by atoms with Gasteiger partial charge in [-0.15, -0.1) is 5.10 Å². The van der Waals surface area contributed by atoms with Gasteiger partial charge in [0.05, 0.1) is 22.7 Å². The van der Waals surface area contributed by atoms with E-state index in [1.807, 2.05) is 0 Å². The molecule has 3 aromatic carbocycles. The lowest BCUT2D eigenvalue weighted by atomic mass is 10.0. The van der Waals surface area contributed by atoms with E-state index in [1.165, 1.54) is 60.7 Å². The van der Waals surface area contributed by atoms with Crippen LogP contribution in [0.3, 0.4) is 0 Å². The molecule has 0 bridgehead atoms. The predicted molar refractivity (Wildman–Crippen MR) is 151 cm³/mol. The molecule has 16 heteroatoms. The Balaban J connectivity index is 1.50. The minimum Gasteiger partial charge on any atom is -0.486 e. The van der Waals surface area contributed by atoms with Gasteiger partial charge in [0.15, 0.2) is 0 Å². The van der Waals surface area contributed by atoms with Crippen molar-refractivity contribution < 1.29 is 49.7 Å². The molecule has 2 heterocycles. The van der Waals surface area contributed by atoms with Crippen LogP contribution in [-0.4, -0.2) is 45.1 Å². The van der Waals surface area contributed by atoms with Gasteiger partial charge >= 0.3 is 12.8 Å². The van der Waals surface area contributed by atoms with Crippen molar-refractivity contribution in [3.63, 3.8) is 0 Å². The van der Waals surface area contributed by atoms with Crippen molar-refractivity contribution in [2.24, 2.45) is 5.10 Å². The summed E-state index contributed by atoms with van der Waals surface area (Å²) < 4.78 is 111. The quantitative estimate of drug-likeness (QED) is 0.212. The summed E-state index contributed by atoms with van der Waals surface area (Å²) in [5.74, 6) is -0.0509. The molecule has 1 unspecified atom stereocenters. The average Bonchev–Trinajstić information content (AvgIpc) is 3.39. The van der Waals surface area contributed by atoms with Crippen molar-refractivity contribution in [1.82, 2.24) is 5.43 Å². The fourth-order valence-corrected chi connectivity index (χ4v) is 6.36. The third kappa shape index (κ3) is 7.00. The Morgan fingerprint density at radius 3 is 2.59 bits per heavy atom. The number of halogens is 6. The second kappa shape index (κ2) is 12.5. The number of rotatable bonds is 9. The maximum Gasteiger partial charge on any atom is 0.417 e. The normalized spacial score (nSPS) is 18.5. The number of aliphatic hydroxyl groups excluding tert-OH is 1. The number of nitrogens with one attached hydrogen (secondary N) is 1. The molecule has 2 atom stereocenters. The zero-order chi connectivity index (χ0) is 31.6. The van der Waals surface area contributed by atoms with E-state index in [0.717, 1.165) is 16.4 Å². The van der Waals surface area contributed by atoms with Gasteiger partial charge in [-0.1, -0.05) is 42.0 Å². The molecular formula is C28H23ClF5N3O6S. The van der Waals surface area contributed by atoms with E-state index in [-0.39, 0.29) is 58.0 Å². The number of ether oxygens (including phenoxy) is 3. The van der Waals surface area contributed by atoms with E-state index in [2.05, 4.69) is 15.3 Å². The molecule has 0 radical (unpaired) electrons. The highest BCUT2D eigenvalue weighted by molar-refractivity contribution is 7.92. The molecule has 3 aromatic rings. The summed E-state index contributed by atoms with van der Waals surface area (Å²) in [4.78, 5) is -0.343. The van der Waals surface area contributed by atoms with Crippen molar-refractivity contribution in [3.05, 3.63) is 82.4 Å². The Hall–Kier alpha value is -4.08. The highest BCUT2D eigenvalue weighted by Gasteiger charge is 2.36. The Bertz CT molecular complexity index is 1700. The third-order valence-electron chi connectivity index (χ3n) is 6.56. The number of aliphatic hydroxyl groups is 1. The summed E-state index contributed by atoms with van der Waals surface area (Å²) in [6, 6.07) is 12.4. The van der Waals surface area contributed by atoms with E-state index in [9.17, 15) is 35.5 Å². The van der Waals surface area contributed by atoms with E-state index < -0.39 is 40.9 Å². The second-order valence-corrected chi connectivity index (χ2v) is 11.8. The monoisotopic (exact) mass is 659 g/mol. The Kier molecular flexibility index (Phi) is 8.90. The summed E-state index contributed by atoms with van der Waals surface area (Å²) >= 11 is 6.06. The zero-order valence-electron chi connectivity index (χ0n) is 22.3. The smallest absolute Gasteiger partial charge is 0.417 e. The Morgan fingerprint density at radius 1 is 1.11 bits per heavy atom. The van der Waals surface area contributed by atoms with Crippen LogP contribution in [0, 0.1) is 0 Å². The molecule has 2 aliphatic heterocycles. The van der Waals surface area contributed by atoms with Gasteiger partial charge < -0.3 is 19.3 Å². The van der Waals surface area contributed by atoms with Crippen LogP contribution < -0.4 is 19.2 Å². The average molecular weight is 660 g/mol. The largest absolute Gasteiger partial charge is 0.486 e. The van der Waals surface area contributed by atoms with Gasteiger partial charge in [-0.25, -0.2) is 13.8 Å². The summed E-state index contributed by atoms with van der Waals surface area (Å²) in [7, 11) is -4.41. The molecular weight excluding hydrogens is 637 g/mol. The second-order valence-electron chi connectivity index (χ2n) is 9.53. The molecule has 234 valence electrons. The molecule has 0 spiro atoms. The van der Waals surface area contributed by atoms with Crippen molar-refractivity contribution in [3.8, 4) is 11.5 Å². The maximum atomic E-state index is 13.9. The molecule has 0 aromatic heterocycles. The van der Waals surface area contributed by atoms with Crippen LogP contribution in [-0.2, 0) is 20.9 Å². The van der Waals surface area contributed by atoms with Crippen LogP contribution in [0.2, 0.25) is 5.02 Å². The number of hydrazone groups is 1. The number of hydrogen-bond acceptors (Lipinski definition) is 8. The molecule has 0 fully saturated rings. The molecule has 2 N–H and O–H groups in total. The minimum absolute atomic E-state index is 0.0605. The third-order valence-corrected chi connectivity index (χ3v) is 8.67. The molecule has 0 saturated carbocycles. The van der Waals surface area contributed by atoms with Crippen molar-refractivity contribution in [2.75, 3.05) is 10.8 Å². The summed E-state index contributed by atoms with van der Waals surface area (Å²) in [6.45, 7) is -3.41. The van der Waals surface area contributed by atoms with Crippen molar-refractivity contribution in [1.29, 1.82) is 0 Å².